The third-order valence-electron chi connectivity index (χ3n) is 1.14. The van der Waals surface area contributed by atoms with Crippen molar-refractivity contribution in [3.8, 4) is 11.8 Å². The summed E-state index contributed by atoms with van der Waals surface area (Å²) in [4.78, 5) is 0. The van der Waals surface area contributed by atoms with Crippen LogP contribution in [-0.2, 0) is 0 Å². The maximum atomic E-state index is 9.18. The first-order chi connectivity index (χ1) is 4.66. The van der Waals surface area contributed by atoms with Crippen LogP contribution in [0, 0.1) is 17.8 Å². The molecule has 0 aliphatic heterocycles. The molecule has 0 unspecified atom stereocenters. The van der Waals surface area contributed by atoms with Crippen LogP contribution < -0.4 is 0 Å². The second-order valence-corrected chi connectivity index (χ2v) is 2.82. The van der Waals surface area contributed by atoms with Crippen LogP contribution >= 0.6 is 0 Å². The SMILES string of the molecule is CCC#C[C@H](O)CC(C)C. The maximum Gasteiger partial charge on any atom is 0.115 e. The lowest BCUT2D eigenvalue weighted by Crippen LogP contribution is -2.06. The molecule has 0 rings (SSSR count). The Balaban J connectivity index is 3.52. The van der Waals surface area contributed by atoms with Crippen LogP contribution in [0.4, 0.5) is 0 Å². The summed E-state index contributed by atoms with van der Waals surface area (Å²) in [6.07, 6.45) is 1.20. The molecule has 0 bridgehead atoms. The first-order valence-electron chi connectivity index (χ1n) is 3.83. The number of rotatable bonds is 2. The number of aliphatic hydroxyl groups is 1. The van der Waals surface area contributed by atoms with Crippen molar-refractivity contribution in [3.63, 3.8) is 0 Å². The Hall–Kier alpha value is -0.480. The molecule has 0 radical (unpaired) electrons. The van der Waals surface area contributed by atoms with Crippen LogP contribution in [0.5, 0.6) is 0 Å². The van der Waals surface area contributed by atoms with E-state index < -0.39 is 6.10 Å². The highest BCUT2D eigenvalue weighted by Crippen LogP contribution is 2.02. The largest absolute Gasteiger partial charge is 0.380 e. The summed E-state index contributed by atoms with van der Waals surface area (Å²) in [6, 6.07) is 0. The van der Waals surface area contributed by atoms with Gasteiger partial charge in [0.25, 0.3) is 0 Å². The summed E-state index contributed by atoms with van der Waals surface area (Å²) >= 11 is 0. The van der Waals surface area contributed by atoms with E-state index in [-0.39, 0.29) is 0 Å². The Bertz CT molecular complexity index is 127. The van der Waals surface area contributed by atoms with Gasteiger partial charge in [0, 0.05) is 6.42 Å². The smallest absolute Gasteiger partial charge is 0.115 e. The van der Waals surface area contributed by atoms with Crippen molar-refractivity contribution in [1.29, 1.82) is 0 Å². The average Bonchev–Trinajstić information content (AvgIpc) is 1.82. The fourth-order valence-electron chi connectivity index (χ4n) is 0.725. The van der Waals surface area contributed by atoms with Crippen LogP contribution in [0.3, 0.4) is 0 Å². The van der Waals surface area contributed by atoms with E-state index in [9.17, 15) is 5.11 Å². The lowest BCUT2D eigenvalue weighted by molar-refractivity contribution is 0.204. The van der Waals surface area contributed by atoms with Gasteiger partial charge in [0.05, 0.1) is 0 Å². The minimum Gasteiger partial charge on any atom is -0.380 e. The summed E-state index contributed by atoms with van der Waals surface area (Å²) in [6.45, 7) is 6.14. The Kier molecular flexibility index (Phi) is 5.06. The van der Waals surface area contributed by atoms with Crippen LogP contribution in [-0.4, -0.2) is 11.2 Å². The second-order valence-electron chi connectivity index (χ2n) is 2.82. The summed E-state index contributed by atoms with van der Waals surface area (Å²) < 4.78 is 0. The summed E-state index contributed by atoms with van der Waals surface area (Å²) in [5.74, 6) is 6.15. The lowest BCUT2D eigenvalue weighted by Gasteiger charge is -2.04. The van der Waals surface area contributed by atoms with E-state index in [2.05, 4.69) is 25.7 Å². The molecule has 1 atom stereocenters. The van der Waals surface area contributed by atoms with E-state index >= 15 is 0 Å². The highest BCUT2D eigenvalue weighted by atomic mass is 16.3. The van der Waals surface area contributed by atoms with Gasteiger partial charge < -0.3 is 5.11 Å². The van der Waals surface area contributed by atoms with Gasteiger partial charge in [-0.05, 0) is 12.3 Å². The van der Waals surface area contributed by atoms with Gasteiger partial charge in [-0.1, -0.05) is 26.7 Å². The Morgan fingerprint density at radius 1 is 1.40 bits per heavy atom. The Labute approximate surface area is 63.5 Å². The zero-order chi connectivity index (χ0) is 7.98. The molecule has 1 heteroatoms. The highest BCUT2D eigenvalue weighted by Gasteiger charge is 2.00. The van der Waals surface area contributed by atoms with Crippen molar-refractivity contribution >= 4 is 0 Å². The standard InChI is InChI=1S/C9H16O/c1-4-5-6-9(10)7-8(2)3/h8-10H,4,7H2,1-3H3/t9-/m0/s1. The van der Waals surface area contributed by atoms with E-state index in [1.54, 1.807) is 0 Å². The predicted octanol–water partition coefficient (Wildman–Crippen LogP) is 1.81. The van der Waals surface area contributed by atoms with Gasteiger partial charge in [-0.25, -0.2) is 0 Å². The fraction of sp³-hybridized carbons (Fsp3) is 0.778. The summed E-state index contributed by atoms with van der Waals surface area (Å²) in [7, 11) is 0. The molecule has 0 saturated carbocycles. The lowest BCUT2D eigenvalue weighted by atomic mass is 10.1. The van der Waals surface area contributed by atoms with Crippen LogP contribution in [0.2, 0.25) is 0 Å². The molecule has 0 aliphatic rings. The van der Waals surface area contributed by atoms with Gasteiger partial charge in [0.2, 0.25) is 0 Å². The van der Waals surface area contributed by atoms with Crippen molar-refractivity contribution in [2.24, 2.45) is 5.92 Å². The van der Waals surface area contributed by atoms with E-state index in [4.69, 9.17) is 0 Å². The number of hydrogen-bond acceptors (Lipinski definition) is 1. The number of hydrogen-bond donors (Lipinski definition) is 1. The van der Waals surface area contributed by atoms with Crippen LogP contribution in [0.1, 0.15) is 33.6 Å². The zero-order valence-electron chi connectivity index (χ0n) is 7.02. The molecule has 1 N–H and O–H groups in total. The monoisotopic (exact) mass is 140 g/mol. The summed E-state index contributed by atoms with van der Waals surface area (Å²) in [5, 5.41) is 9.18. The molecule has 0 fully saturated rings. The minimum absolute atomic E-state index is 0.417. The van der Waals surface area contributed by atoms with E-state index in [0.29, 0.717) is 5.92 Å². The molecule has 58 valence electrons. The molecule has 0 amide bonds. The van der Waals surface area contributed by atoms with E-state index in [0.717, 1.165) is 12.8 Å². The van der Waals surface area contributed by atoms with Crippen LogP contribution in [0.25, 0.3) is 0 Å². The number of aliphatic hydroxyl groups excluding tert-OH is 1. The molecule has 0 heterocycles. The maximum absolute atomic E-state index is 9.18. The van der Waals surface area contributed by atoms with Gasteiger partial charge in [-0.3, -0.25) is 0 Å². The van der Waals surface area contributed by atoms with Crippen molar-refractivity contribution in [2.45, 2.75) is 39.7 Å². The van der Waals surface area contributed by atoms with Crippen molar-refractivity contribution in [1.82, 2.24) is 0 Å². The molecule has 0 aromatic heterocycles. The van der Waals surface area contributed by atoms with Crippen molar-refractivity contribution < 1.29 is 5.11 Å². The molecule has 0 spiro atoms. The zero-order valence-corrected chi connectivity index (χ0v) is 7.02. The van der Waals surface area contributed by atoms with Crippen molar-refractivity contribution in [3.05, 3.63) is 0 Å². The van der Waals surface area contributed by atoms with E-state index in [1.807, 2.05) is 6.92 Å². The van der Waals surface area contributed by atoms with Gasteiger partial charge in [0.15, 0.2) is 0 Å². The highest BCUT2D eigenvalue weighted by molar-refractivity contribution is 5.03. The van der Waals surface area contributed by atoms with Gasteiger partial charge in [-0.2, -0.15) is 0 Å². The minimum atomic E-state index is -0.417. The van der Waals surface area contributed by atoms with Gasteiger partial charge in [0.1, 0.15) is 6.10 Å². The molecule has 0 saturated heterocycles. The normalized spacial score (nSPS) is 12.5. The average molecular weight is 140 g/mol. The third kappa shape index (κ3) is 5.65. The molecule has 0 aromatic rings. The fourth-order valence-corrected chi connectivity index (χ4v) is 0.725. The Morgan fingerprint density at radius 3 is 2.40 bits per heavy atom. The quantitative estimate of drug-likeness (QED) is 0.580. The molecule has 0 aromatic carbocycles. The first kappa shape index (κ1) is 9.52. The first-order valence-corrected chi connectivity index (χ1v) is 3.83. The Morgan fingerprint density at radius 2 is 2.00 bits per heavy atom. The van der Waals surface area contributed by atoms with Crippen LogP contribution in [0.15, 0.2) is 0 Å². The molecular weight excluding hydrogens is 124 g/mol. The van der Waals surface area contributed by atoms with Gasteiger partial charge in [-0.15, -0.1) is 5.92 Å². The second kappa shape index (κ2) is 5.32. The van der Waals surface area contributed by atoms with Gasteiger partial charge >= 0.3 is 0 Å². The third-order valence-corrected chi connectivity index (χ3v) is 1.14. The topological polar surface area (TPSA) is 20.2 Å². The summed E-state index contributed by atoms with van der Waals surface area (Å²) in [5.41, 5.74) is 0. The predicted molar refractivity (Wildman–Crippen MR) is 43.5 cm³/mol. The molecular formula is C9H16O. The van der Waals surface area contributed by atoms with E-state index in [1.165, 1.54) is 0 Å². The molecule has 10 heavy (non-hydrogen) atoms. The van der Waals surface area contributed by atoms with Crippen molar-refractivity contribution in [2.75, 3.05) is 0 Å². The molecule has 0 aliphatic carbocycles. The molecule has 1 nitrogen and oxygen atoms in total.